The lowest BCUT2D eigenvalue weighted by molar-refractivity contribution is -0.116. The Labute approximate surface area is 181 Å². The number of para-hydroxylation sites is 1. The summed E-state index contributed by atoms with van der Waals surface area (Å²) < 4.78 is 0. The first kappa shape index (κ1) is 21.6. The molecule has 0 aromatic heterocycles. The van der Waals surface area contributed by atoms with E-state index >= 15 is 0 Å². The molecule has 2 amide bonds. The van der Waals surface area contributed by atoms with Crippen molar-refractivity contribution in [2.75, 3.05) is 38.0 Å². The molecule has 2 aromatic rings. The summed E-state index contributed by atoms with van der Waals surface area (Å²) in [6.45, 7) is 5.54. The van der Waals surface area contributed by atoms with Crippen LogP contribution in [0.25, 0.3) is 0 Å². The molecule has 1 heterocycles. The second kappa shape index (κ2) is 10.1. The standard InChI is InChI=1S/C22H25Cl2N3O2/c1-2-16-6-8-17(9-7-16)22(29)27-14-12-26(13-15-27)11-10-20(28)25-21-18(23)4-3-5-19(21)24/h3-9H,2,10-15H2,1H3,(H,25,28). The van der Waals surface area contributed by atoms with Gasteiger partial charge in [-0.1, -0.05) is 48.3 Å². The summed E-state index contributed by atoms with van der Waals surface area (Å²) >= 11 is 12.2. The quantitative estimate of drug-likeness (QED) is 0.736. The highest BCUT2D eigenvalue weighted by atomic mass is 35.5. The highest BCUT2D eigenvalue weighted by molar-refractivity contribution is 6.39. The number of anilines is 1. The fraction of sp³-hybridized carbons (Fsp3) is 0.364. The number of halogens is 2. The number of carbonyl (C=O) groups is 2. The Morgan fingerprint density at radius 3 is 2.17 bits per heavy atom. The van der Waals surface area contributed by atoms with Gasteiger partial charge in [-0.3, -0.25) is 14.5 Å². The number of hydrogen-bond acceptors (Lipinski definition) is 3. The van der Waals surface area contributed by atoms with Crippen LogP contribution in [0, 0.1) is 0 Å². The van der Waals surface area contributed by atoms with E-state index in [1.165, 1.54) is 5.56 Å². The first-order valence-electron chi connectivity index (χ1n) is 9.82. The average Bonchev–Trinajstić information content (AvgIpc) is 2.75. The smallest absolute Gasteiger partial charge is 0.253 e. The number of nitrogens with zero attached hydrogens (tertiary/aromatic N) is 2. The molecule has 0 atom stereocenters. The van der Waals surface area contributed by atoms with E-state index < -0.39 is 0 Å². The van der Waals surface area contributed by atoms with Gasteiger partial charge in [0.05, 0.1) is 15.7 Å². The van der Waals surface area contributed by atoms with Crippen LogP contribution in [-0.4, -0.2) is 54.3 Å². The van der Waals surface area contributed by atoms with Gasteiger partial charge in [-0.05, 0) is 36.2 Å². The summed E-state index contributed by atoms with van der Waals surface area (Å²) in [5, 5.41) is 3.62. The zero-order valence-electron chi connectivity index (χ0n) is 16.5. The van der Waals surface area contributed by atoms with Gasteiger partial charge in [0.15, 0.2) is 0 Å². The molecule has 2 aromatic carbocycles. The fourth-order valence-electron chi connectivity index (χ4n) is 3.32. The first-order valence-corrected chi connectivity index (χ1v) is 10.6. The van der Waals surface area contributed by atoms with Crippen molar-refractivity contribution in [1.82, 2.24) is 9.80 Å². The van der Waals surface area contributed by atoms with Crippen molar-refractivity contribution in [2.45, 2.75) is 19.8 Å². The summed E-state index contributed by atoms with van der Waals surface area (Å²) in [6, 6.07) is 12.9. The van der Waals surface area contributed by atoms with E-state index in [4.69, 9.17) is 23.2 Å². The third-order valence-electron chi connectivity index (χ3n) is 5.15. The van der Waals surface area contributed by atoms with Crippen LogP contribution >= 0.6 is 23.2 Å². The Bertz CT molecular complexity index is 843. The van der Waals surface area contributed by atoms with Crippen molar-refractivity contribution < 1.29 is 9.59 Å². The number of hydrogen-bond donors (Lipinski definition) is 1. The Balaban J connectivity index is 1.44. The molecule has 0 saturated carbocycles. The second-order valence-corrected chi connectivity index (χ2v) is 7.89. The van der Waals surface area contributed by atoms with Crippen molar-refractivity contribution in [3.63, 3.8) is 0 Å². The lowest BCUT2D eigenvalue weighted by Gasteiger charge is -2.34. The van der Waals surface area contributed by atoms with Crippen LogP contribution in [0.3, 0.4) is 0 Å². The normalized spacial score (nSPS) is 14.7. The third-order valence-corrected chi connectivity index (χ3v) is 5.78. The van der Waals surface area contributed by atoms with Crippen molar-refractivity contribution in [3.8, 4) is 0 Å². The molecule has 0 spiro atoms. The fourth-order valence-corrected chi connectivity index (χ4v) is 3.81. The highest BCUT2D eigenvalue weighted by Gasteiger charge is 2.22. The molecule has 1 aliphatic rings. The van der Waals surface area contributed by atoms with E-state index in [0.717, 1.165) is 25.1 Å². The predicted molar refractivity (Wildman–Crippen MR) is 118 cm³/mol. The zero-order valence-corrected chi connectivity index (χ0v) is 18.0. The molecule has 1 saturated heterocycles. The molecule has 0 bridgehead atoms. The van der Waals surface area contributed by atoms with Crippen LogP contribution < -0.4 is 5.32 Å². The van der Waals surface area contributed by atoms with Crippen molar-refractivity contribution in [2.24, 2.45) is 0 Å². The Morgan fingerprint density at radius 2 is 1.59 bits per heavy atom. The molecule has 3 rings (SSSR count). The number of carbonyl (C=O) groups excluding carboxylic acids is 2. The van der Waals surface area contributed by atoms with Crippen molar-refractivity contribution in [3.05, 3.63) is 63.6 Å². The molecule has 1 N–H and O–H groups in total. The monoisotopic (exact) mass is 433 g/mol. The number of nitrogens with one attached hydrogen (secondary N) is 1. The summed E-state index contributed by atoms with van der Waals surface area (Å²) in [4.78, 5) is 29.0. The molecule has 29 heavy (non-hydrogen) atoms. The molecular weight excluding hydrogens is 409 g/mol. The van der Waals surface area contributed by atoms with Crippen LogP contribution in [0.2, 0.25) is 10.0 Å². The number of aryl methyl sites for hydroxylation is 1. The zero-order chi connectivity index (χ0) is 20.8. The van der Waals surface area contributed by atoms with Gasteiger partial charge < -0.3 is 10.2 Å². The number of piperazine rings is 1. The summed E-state index contributed by atoms with van der Waals surface area (Å²) in [5.74, 6) is -0.0621. The molecule has 154 valence electrons. The Morgan fingerprint density at radius 1 is 0.966 bits per heavy atom. The van der Waals surface area contributed by atoms with Crippen LogP contribution in [0.15, 0.2) is 42.5 Å². The van der Waals surface area contributed by atoms with Gasteiger partial charge in [-0.25, -0.2) is 0 Å². The van der Waals surface area contributed by atoms with Crippen molar-refractivity contribution in [1.29, 1.82) is 0 Å². The minimum Gasteiger partial charge on any atom is -0.336 e. The lowest BCUT2D eigenvalue weighted by atomic mass is 10.1. The van der Waals surface area contributed by atoms with Gasteiger partial charge in [-0.15, -0.1) is 0 Å². The van der Waals surface area contributed by atoms with E-state index in [1.807, 2.05) is 29.2 Å². The van der Waals surface area contributed by atoms with E-state index in [2.05, 4.69) is 17.1 Å². The summed E-state index contributed by atoms with van der Waals surface area (Å²) in [6.07, 6.45) is 1.30. The molecule has 0 unspecified atom stereocenters. The summed E-state index contributed by atoms with van der Waals surface area (Å²) in [7, 11) is 0. The minimum atomic E-state index is -0.130. The van der Waals surface area contributed by atoms with E-state index in [9.17, 15) is 9.59 Å². The highest BCUT2D eigenvalue weighted by Crippen LogP contribution is 2.29. The minimum absolute atomic E-state index is 0.0680. The maximum Gasteiger partial charge on any atom is 0.253 e. The number of amides is 2. The molecule has 0 aliphatic carbocycles. The molecule has 7 heteroatoms. The van der Waals surface area contributed by atoms with Crippen LogP contribution in [0.4, 0.5) is 5.69 Å². The maximum atomic E-state index is 12.7. The molecule has 0 radical (unpaired) electrons. The van der Waals surface area contributed by atoms with Gasteiger partial charge in [0, 0.05) is 44.7 Å². The van der Waals surface area contributed by atoms with Crippen LogP contribution in [0.5, 0.6) is 0 Å². The molecule has 1 aliphatic heterocycles. The van der Waals surface area contributed by atoms with Gasteiger partial charge in [0.25, 0.3) is 5.91 Å². The number of rotatable bonds is 6. The van der Waals surface area contributed by atoms with Gasteiger partial charge >= 0.3 is 0 Å². The molecule has 5 nitrogen and oxygen atoms in total. The van der Waals surface area contributed by atoms with Crippen LogP contribution in [0.1, 0.15) is 29.3 Å². The maximum absolute atomic E-state index is 12.7. The van der Waals surface area contributed by atoms with E-state index in [-0.39, 0.29) is 11.8 Å². The topological polar surface area (TPSA) is 52.7 Å². The SMILES string of the molecule is CCc1ccc(C(=O)N2CCN(CCC(=O)Nc3c(Cl)cccc3Cl)CC2)cc1. The summed E-state index contributed by atoms with van der Waals surface area (Å²) in [5.41, 5.74) is 2.40. The average molecular weight is 434 g/mol. The molecular formula is C22H25Cl2N3O2. The largest absolute Gasteiger partial charge is 0.336 e. The number of benzene rings is 2. The molecule has 1 fully saturated rings. The van der Waals surface area contributed by atoms with E-state index in [1.54, 1.807) is 18.2 Å². The van der Waals surface area contributed by atoms with Gasteiger partial charge in [-0.2, -0.15) is 0 Å². The third kappa shape index (κ3) is 5.72. The van der Waals surface area contributed by atoms with Gasteiger partial charge in [0.2, 0.25) is 5.91 Å². The van der Waals surface area contributed by atoms with Crippen LogP contribution in [-0.2, 0) is 11.2 Å². The van der Waals surface area contributed by atoms with E-state index in [0.29, 0.717) is 41.8 Å². The predicted octanol–water partition coefficient (Wildman–Crippen LogP) is 4.34. The Hall–Kier alpha value is -2.08. The van der Waals surface area contributed by atoms with Gasteiger partial charge in [0.1, 0.15) is 0 Å². The first-order chi connectivity index (χ1) is 14.0. The lowest BCUT2D eigenvalue weighted by Crippen LogP contribution is -2.49. The Kier molecular flexibility index (Phi) is 7.53. The van der Waals surface area contributed by atoms with Crippen molar-refractivity contribution >= 4 is 40.7 Å². The second-order valence-electron chi connectivity index (χ2n) is 7.08.